The second-order valence-electron chi connectivity index (χ2n) is 6.78. The van der Waals surface area contributed by atoms with Crippen molar-refractivity contribution in [1.82, 2.24) is 4.98 Å². The maximum absolute atomic E-state index is 13.5. The number of amides is 1. The van der Waals surface area contributed by atoms with Crippen molar-refractivity contribution >= 4 is 32.6 Å². The van der Waals surface area contributed by atoms with Gasteiger partial charge in [0.05, 0.1) is 23.9 Å². The fourth-order valence-electron chi connectivity index (χ4n) is 3.32. The lowest BCUT2D eigenvalue weighted by Crippen LogP contribution is -2.30. The number of rotatable bonds is 5. The van der Waals surface area contributed by atoms with E-state index in [-0.39, 0.29) is 12.7 Å². The number of hydrogen-bond donors (Lipinski definition) is 0. The summed E-state index contributed by atoms with van der Waals surface area (Å²) < 4.78 is 17.1. The molecule has 0 saturated heterocycles. The summed E-state index contributed by atoms with van der Waals surface area (Å²) in [5, 5.41) is 0.629. The fraction of sp³-hybridized carbons (Fsp3) is 0.130. The van der Waals surface area contributed by atoms with Crippen LogP contribution in [-0.4, -0.2) is 24.8 Å². The maximum atomic E-state index is 13.5. The minimum Gasteiger partial charge on any atom is -0.497 e. The molecule has 3 aromatic carbocycles. The van der Waals surface area contributed by atoms with Crippen molar-refractivity contribution in [1.29, 1.82) is 0 Å². The monoisotopic (exact) mass is 418 g/mol. The van der Waals surface area contributed by atoms with E-state index in [0.29, 0.717) is 28.7 Å². The topological polar surface area (TPSA) is 60.9 Å². The van der Waals surface area contributed by atoms with Gasteiger partial charge in [-0.15, -0.1) is 0 Å². The predicted octanol–water partition coefficient (Wildman–Crippen LogP) is 4.88. The lowest BCUT2D eigenvalue weighted by molar-refractivity contribution is 0.0984. The average molecular weight is 418 g/mol. The Labute approximate surface area is 177 Å². The molecule has 0 fully saturated rings. The summed E-state index contributed by atoms with van der Waals surface area (Å²) in [5.74, 6) is 1.81. The van der Waals surface area contributed by atoms with Gasteiger partial charge in [-0.05, 0) is 35.9 Å². The third kappa shape index (κ3) is 3.44. The molecule has 0 aliphatic carbocycles. The third-order valence-corrected chi connectivity index (χ3v) is 5.92. The Bertz CT molecular complexity index is 1220. The van der Waals surface area contributed by atoms with Gasteiger partial charge in [-0.25, -0.2) is 4.98 Å². The van der Waals surface area contributed by atoms with E-state index in [0.717, 1.165) is 21.5 Å². The molecule has 30 heavy (non-hydrogen) atoms. The molecule has 2 heterocycles. The number of carbonyl (C=O) groups excluding carboxylic acids is 1. The number of benzene rings is 3. The van der Waals surface area contributed by atoms with Gasteiger partial charge in [-0.3, -0.25) is 9.69 Å². The maximum Gasteiger partial charge on any atom is 0.260 e. The predicted molar refractivity (Wildman–Crippen MR) is 116 cm³/mol. The second-order valence-corrected chi connectivity index (χ2v) is 7.78. The van der Waals surface area contributed by atoms with Gasteiger partial charge in [0.1, 0.15) is 5.75 Å². The van der Waals surface area contributed by atoms with Crippen molar-refractivity contribution in [2.24, 2.45) is 0 Å². The highest BCUT2D eigenvalue weighted by Crippen LogP contribution is 2.35. The summed E-state index contributed by atoms with van der Waals surface area (Å²) in [7, 11) is 1.62. The van der Waals surface area contributed by atoms with E-state index in [2.05, 4.69) is 0 Å². The number of anilines is 1. The first kappa shape index (κ1) is 18.4. The molecule has 7 heteroatoms. The van der Waals surface area contributed by atoms with Gasteiger partial charge in [0.25, 0.3) is 5.91 Å². The van der Waals surface area contributed by atoms with Crippen LogP contribution in [0.4, 0.5) is 5.13 Å². The van der Waals surface area contributed by atoms with Crippen molar-refractivity contribution < 1.29 is 19.0 Å². The largest absolute Gasteiger partial charge is 0.497 e. The molecule has 0 unspecified atom stereocenters. The lowest BCUT2D eigenvalue weighted by atomic mass is 10.1. The zero-order valence-corrected chi connectivity index (χ0v) is 17.0. The fourth-order valence-corrected chi connectivity index (χ4v) is 4.26. The van der Waals surface area contributed by atoms with E-state index in [9.17, 15) is 4.79 Å². The van der Waals surface area contributed by atoms with E-state index in [1.807, 2.05) is 48.5 Å². The Morgan fingerprint density at radius 2 is 1.90 bits per heavy atom. The van der Waals surface area contributed by atoms with Gasteiger partial charge in [0, 0.05) is 11.6 Å². The third-order valence-electron chi connectivity index (χ3n) is 4.86. The number of hydrogen-bond acceptors (Lipinski definition) is 6. The van der Waals surface area contributed by atoms with Crippen LogP contribution in [0.15, 0.2) is 66.7 Å². The van der Waals surface area contributed by atoms with Gasteiger partial charge < -0.3 is 14.2 Å². The number of fused-ring (bicyclic) bond motifs is 2. The number of methoxy groups -OCH3 is 1. The van der Waals surface area contributed by atoms with Crippen molar-refractivity contribution in [2.75, 3.05) is 18.8 Å². The van der Waals surface area contributed by atoms with Gasteiger partial charge in [-0.1, -0.05) is 41.7 Å². The van der Waals surface area contributed by atoms with Crippen LogP contribution in [0.25, 0.3) is 10.2 Å². The Hall–Kier alpha value is -3.58. The summed E-state index contributed by atoms with van der Waals surface area (Å²) in [5.41, 5.74) is 2.33. The molecule has 150 valence electrons. The standard InChI is InChI=1S/C23H18N2O4S/c1-27-17-8-10-21-18(12-17)24-23(30-21)25(13-15-5-3-2-4-6-15)22(26)16-7-9-19-20(11-16)29-14-28-19/h2-12H,13-14H2,1H3. The van der Waals surface area contributed by atoms with Crippen LogP contribution < -0.4 is 19.1 Å². The first-order valence-electron chi connectivity index (χ1n) is 9.41. The molecule has 0 radical (unpaired) electrons. The van der Waals surface area contributed by atoms with Crippen molar-refractivity contribution in [3.8, 4) is 17.2 Å². The highest BCUT2D eigenvalue weighted by molar-refractivity contribution is 7.22. The van der Waals surface area contributed by atoms with E-state index < -0.39 is 0 Å². The first-order chi connectivity index (χ1) is 14.7. The van der Waals surface area contributed by atoms with Crippen LogP contribution in [0.5, 0.6) is 17.2 Å². The molecule has 0 spiro atoms. The van der Waals surface area contributed by atoms with Crippen LogP contribution in [0.1, 0.15) is 15.9 Å². The van der Waals surface area contributed by atoms with Crippen molar-refractivity contribution in [3.05, 3.63) is 77.9 Å². The molecule has 1 aromatic heterocycles. The summed E-state index contributed by atoms with van der Waals surface area (Å²) in [6.07, 6.45) is 0. The molecular formula is C23H18N2O4S. The summed E-state index contributed by atoms with van der Waals surface area (Å²) in [4.78, 5) is 19.9. The number of thiazole rings is 1. The second kappa shape index (κ2) is 7.68. The molecule has 0 bridgehead atoms. The van der Waals surface area contributed by atoms with Crippen LogP contribution in [-0.2, 0) is 6.54 Å². The molecule has 1 aliphatic heterocycles. The van der Waals surface area contributed by atoms with Crippen LogP contribution in [0.2, 0.25) is 0 Å². The van der Waals surface area contributed by atoms with Crippen LogP contribution in [0.3, 0.4) is 0 Å². The first-order valence-corrected chi connectivity index (χ1v) is 10.2. The van der Waals surface area contributed by atoms with Gasteiger partial charge in [0.2, 0.25) is 6.79 Å². The van der Waals surface area contributed by atoms with Crippen molar-refractivity contribution in [2.45, 2.75) is 6.54 Å². The summed E-state index contributed by atoms with van der Waals surface area (Å²) in [6, 6.07) is 20.8. The molecule has 0 saturated carbocycles. The van der Waals surface area contributed by atoms with E-state index in [4.69, 9.17) is 19.2 Å². The SMILES string of the molecule is COc1ccc2sc(N(Cc3ccccc3)C(=O)c3ccc4c(c3)OCO4)nc2c1. The molecule has 5 rings (SSSR count). The Kier molecular flexibility index (Phi) is 4.72. The quantitative estimate of drug-likeness (QED) is 0.462. The minimum absolute atomic E-state index is 0.150. The van der Waals surface area contributed by atoms with E-state index in [1.165, 1.54) is 11.3 Å². The van der Waals surface area contributed by atoms with Crippen molar-refractivity contribution in [3.63, 3.8) is 0 Å². The lowest BCUT2D eigenvalue weighted by Gasteiger charge is -2.20. The molecular weight excluding hydrogens is 400 g/mol. The average Bonchev–Trinajstić information content (AvgIpc) is 3.43. The number of carbonyl (C=O) groups is 1. The highest BCUT2D eigenvalue weighted by atomic mass is 32.1. The molecule has 0 N–H and O–H groups in total. The van der Waals surface area contributed by atoms with Gasteiger partial charge in [-0.2, -0.15) is 0 Å². The summed E-state index contributed by atoms with van der Waals surface area (Å²) >= 11 is 1.47. The van der Waals surface area contributed by atoms with Gasteiger partial charge >= 0.3 is 0 Å². The Morgan fingerprint density at radius 3 is 2.73 bits per heavy atom. The van der Waals surface area contributed by atoms with Gasteiger partial charge in [0.15, 0.2) is 16.6 Å². The Morgan fingerprint density at radius 1 is 1.07 bits per heavy atom. The molecule has 0 atom stereocenters. The molecule has 4 aromatic rings. The van der Waals surface area contributed by atoms with E-state index >= 15 is 0 Å². The smallest absolute Gasteiger partial charge is 0.260 e. The zero-order chi connectivity index (χ0) is 20.5. The molecule has 1 amide bonds. The zero-order valence-electron chi connectivity index (χ0n) is 16.2. The normalized spacial score (nSPS) is 12.2. The summed E-state index contributed by atoms with van der Waals surface area (Å²) in [6.45, 7) is 0.575. The number of aromatic nitrogens is 1. The highest BCUT2D eigenvalue weighted by Gasteiger charge is 2.24. The van der Waals surface area contributed by atoms with E-state index in [1.54, 1.807) is 30.2 Å². The van der Waals surface area contributed by atoms with Crippen LogP contribution >= 0.6 is 11.3 Å². The number of nitrogens with zero attached hydrogens (tertiary/aromatic N) is 2. The Balaban J connectivity index is 1.55. The van der Waals surface area contributed by atoms with Crippen LogP contribution in [0, 0.1) is 0 Å². The molecule has 1 aliphatic rings. The minimum atomic E-state index is -0.150. The molecule has 6 nitrogen and oxygen atoms in total. The number of ether oxygens (including phenoxy) is 3.